The number of furan rings is 1. The molecule has 3 aromatic heterocycles. The predicted molar refractivity (Wildman–Crippen MR) is 106 cm³/mol. The maximum atomic E-state index is 5.41. The van der Waals surface area contributed by atoms with E-state index in [4.69, 9.17) is 9.41 Å². The van der Waals surface area contributed by atoms with Gasteiger partial charge in [0.05, 0.1) is 19.4 Å². The summed E-state index contributed by atoms with van der Waals surface area (Å²) >= 11 is 1.73. The molecule has 8 heteroatoms. The first-order chi connectivity index (χ1) is 13.3. The minimum atomic E-state index is 0.289. The van der Waals surface area contributed by atoms with E-state index in [1.54, 1.807) is 17.6 Å². The Kier molecular flexibility index (Phi) is 5.53. The Balaban J connectivity index is 1.38. The van der Waals surface area contributed by atoms with E-state index in [1.807, 2.05) is 23.7 Å². The van der Waals surface area contributed by atoms with Crippen LogP contribution in [0.1, 0.15) is 28.7 Å². The SMILES string of the molecule is Cc1nc2n(n1)CC(NC(=NCc1cccs1)NCCc1ccco1)CC2. The molecule has 0 spiro atoms. The fraction of sp³-hybridized carbons (Fsp3) is 0.421. The number of aromatic nitrogens is 3. The van der Waals surface area contributed by atoms with Crippen LogP contribution >= 0.6 is 11.3 Å². The van der Waals surface area contributed by atoms with Crippen LogP contribution in [-0.2, 0) is 25.9 Å². The molecular formula is C19H24N6OS. The number of thiophene rings is 1. The summed E-state index contributed by atoms with van der Waals surface area (Å²) in [7, 11) is 0. The van der Waals surface area contributed by atoms with Gasteiger partial charge >= 0.3 is 0 Å². The van der Waals surface area contributed by atoms with Gasteiger partial charge in [-0.2, -0.15) is 5.10 Å². The lowest BCUT2D eigenvalue weighted by molar-refractivity contribution is 0.392. The molecule has 0 fully saturated rings. The quantitative estimate of drug-likeness (QED) is 0.504. The van der Waals surface area contributed by atoms with E-state index in [2.05, 4.69) is 38.2 Å². The third-order valence-corrected chi connectivity index (χ3v) is 5.38. The third kappa shape index (κ3) is 4.77. The normalized spacial score (nSPS) is 16.9. The Labute approximate surface area is 162 Å². The van der Waals surface area contributed by atoms with Crippen LogP contribution in [0.25, 0.3) is 0 Å². The summed E-state index contributed by atoms with van der Waals surface area (Å²) in [6.45, 7) is 4.20. The van der Waals surface area contributed by atoms with Crippen molar-refractivity contribution in [2.24, 2.45) is 4.99 Å². The highest BCUT2D eigenvalue weighted by Crippen LogP contribution is 2.13. The molecule has 1 unspecified atom stereocenters. The molecule has 2 N–H and O–H groups in total. The fourth-order valence-corrected chi connectivity index (χ4v) is 3.84. The molecule has 4 rings (SSSR count). The van der Waals surface area contributed by atoms with Crippen LogP contribution in [0.5, 0.6) is 0 Å². The Bertz CT molecular complexity index is 868. The van der Waals surface area contributed by atoms with Gasteiger partial charge in [0.1, 0.15) is 17.4 Å². The van der Waals surface area contributed by atoms with Gasteiger partial charge in [0.15, 0.2) is 5.96 Å². The van der Waals surface area contributed by atoms with Crippen LogP contribution in [0.2, 0.25) is 0 Å². The van der Waals surface area contributed by atoms with Gasteiger partial charge in [0.25, 0.3) is 0 Å². The Morgan fingerprint density at radius 3 is 3.19 bits per heavy atom. The molecular weight excluding hydrogens is 360 g/mol. The van der Waals surface area contributed by atoms with E-state index in [1.165, 1.54) is 4.88 Å². The molecule has 1 aliphatic heterocycles. The van der Waals surface area contributed by atoms with E-state index in [-0.39, 0.29) is 6.04 Å². The molecule has 0 aliphatic carbocycles. The van der Waals surface area contributed by atoms with Gasteiger partial charge in [0, 0.05) is 30.3 Å². The number of hydrogen-bond acceptors (Lipinski definition) is 5. The Morgan fingerprint density at radius 1 is 1.41 bits per heavy atom. The van der Waals surface area contributed by atoms with Gasteiger partial charge in [-0.1, -0.05) is 6.07 Å². The van der Waals surface area contributed by atoms with Crippen molar-refractivity contribution < 1.29 is 4.42 Å². The number of guanidine groups is 1. The van der Waals surface area contributed by atoms with Crippen LogP contribution in [0.15, 0.2) is 45.3 Å². The zero-order chi connectivity index (χ0) is 18.5. The number of hydrogen-bond donors (Lipinski definition) is 2. The van der Waals surface area contributed by atoms with Crippen molar-refractivity contribution in [3.8, 4) is 0 Å². The van der Waals surface area contributed by atoms with Crippen molar-refractivity contribution in [2.45, 2.75) is 45.3 Å². The largest absolute Gasteiger partial charge is 0.469 e. The molecule has 1 aliphatic rings. The Hall–Kier alpha value is -2.61. The van der Waals surface area contributed by atoms with Crippen molar-refractivity contribution in [2.75, 3.05) is 6.54 Å². The minimum absolute atomic E-state index is 0.289. The number of rotatable bonds is 6. The number of fused-ring (bicyclic) bond motifs is 1. The molecule has 7 nitrogen and oxygen atoms in total. The van der Waals surface area contributed by atoms with E-state index >= 15 is 0 Å². The fourth-order valence-electron chi connectivity index (χ4n) is 3.22. The van der Waals surface area contributed by atoms with Crippen LogP contribution in [-0.4, -0.2) is 33.3 Å². The molecule has 0 bridgehead atoms. The van der Waals surface area contributed by atoms with Gasteiger partial charge in [0.2, 0.25) is 0 Å². The number of nitrogens with zero attached hydrogens (tertiary/aromatic N) is 4. The zero-order valence-corrected chi connectivity index (χ0v) is 16.2. The van der Waals surface area contributed by atoms with E-state index < -0.39 is 0 Å². The molecule has 0 radical (unpaired) electrons. The molecule has 0 aromatic carbocycles. The average Bonchev–Trinajstić information content (AvgIpc) is 3.40. The predicted octanol–water partition coefficient (Wildman–Crippen LogP) is 2.53. The lowest BCUT2D eigenvalue weighted by Gasteiger charge is -2.25. The minimum Gasteiger partial charge on any atom is -0.469 e. The summed E-state index contributed by atoms with van der Waals surface area (Å²) in [6.07, 6.45) is 4.49. The van der Waals surface area contributed by atoms with Crippen molar-refractivity contribution in [1.29, 1.82) is 0 Å². The highest BCUT2D eigenvalue weighted by Gasteiger charge is 2.21. The van der Waals surface area contributed by atoms with Crippen LogP contribution in [0, 0.1) is 6.92 Å². The van der Waals surface area contributed by atoms with Crippen LogP contribution in [0.4, 0.5) is 0 Å². The molecule has 0 amide bonds. The second kappa shape index (κ2) is 8.39. The van der Waals surface area contributed by atoms with Crippen molar-refractivity contribution in [1.82, 2.24) is 25.4 Å². The lowest BCUT2D eigenvalue weighted by Crippen LogP contribution is -2.47. The maximum absolute atomic E-state index is 5.41. The van der Waals surface area contributed by atoms with Gasteiger partial charge in [-0.25, -0.2) is 14.7 Å². The van der Waals surface area contributed by atoms with Crippen LogP contribution in [0.3, 0.4) is 0 Å². The Morgan fingerprint density at radius 2 is 2.37 bits per heavy atom. The monoisotopic (exact) mass is 384 g/mol. The summed E-state index contributed by atoms with van der Waals surface area (Å²) in [6, 6.07) is 8.37. The standard InChI is InChI=1S/C19H24N6OS/c1-14-22-18-7-6-15(13-25(18)24-14)23-19(21-12-17-5-3-11-27-17)20-9-8-16-4-2-10-26-16/h2-5,10-11,15H,6-9,12-13H2,1H3,(H2,20,21,23). The smallest absolute Gasteiger partial charge is 0.191 e. The van der Waals surface area contributed by atoms with Crippen LogP contribution < -0.4 is 10.6 Å². The zero-order valence-electron chi connectivity index (χ0n) is 15.4. The van der Waals surface area contributed by atoms with Gasteiger partial charge in [-0.3, -0.25) is 0 Å². The molecule has 4 heterocycles. The third-order valence-electron chi connectivity index (χ3n) is 4.52. The molecule has 3 aromatic rings. The van der Waals surface area contributed by atoms with Gasteiger partial charge in [-0.15, -0.1) is 11.3 Å². The summed E-state index contributed by atoms with van der Waals surface area (Å²) in [5, 5.41) is 13.6. The first kappa shape index (κ1) is 17.8. The van der Waals surface area contributed by atoms with E-state index in [0.29, 0.717) is 6.54 Å². The summed E-state index contributed by atoms with van der Waals surface area (Å²) in [4.78, 5) is 10.5. The van der Waals surface area contributed by atoms with Crippen molar-refractivity contribution in [3.63, 3.8) is 0 Å². The van der Waals surface area contributed by atoms with Crippen molar-refractivity contribution >= 4 is 17.3 Å². The number of aliphatic imine (C=N–C) groups is 1. The number of nitrogens with one attached hydrogen (secondary N) is 2. The van der Waals surface area contributed by atoms with E-state index in [0.717, 1.165) is 55.7 Å². The first-order valence-electron chi connectivity index (χ1n) is 9.26. The topological polar surface area (TPSA) is 80.3 Å². The second-order valence-electron chi connectivity index (χ2n) is 6.64. The summed E-state index contributed by atoms with van der Waals surface area (Å²) in [5.74, 6) is 3.72. The van der Waals surface area contributed by atoms with E-state index in [9.17, 15) is 0 Å². The molecule has 142 valence electrons. The van der Waals surface area contributed by atoms with Gasteiger partial charge < -0.3 is 15.1 Å². The molecule has 0 saturated heterocycles. The molecule has 1 atom stereocenters. The highest BCUT2D eigenvalue weighted by molar-refractivity contribution is 7.09. The van der Waals surface area contributed by atoms with Gasteiger partial charge in [-0.05, 0) is 36.9 Å². The summed E-state index contributed by atoms with van der Waals surface area (Å²) < 4.78 is 7.42. The second-order valence-corrected chi connectivity index (χ2v) is 7.67. The highest BCUT2D eigenvalue weighted by atomic mass is 32.1. The maximum Gasteiger partial charge on any atom is 0.191 e. The van der Waals surface area contributed by atoms with Crippen molar-refractivity contribution in [3.05, 3.63) is 58.2 Å². The summed E-state index contributed by atoms with van der Waals surface area (Å²) in [5.41, 5.74) is 0. The molecule has 27 heavy (non-hydrogen) atoms. The molecule has 0 saturated carbocycles. The first-order valence-corrected chi connectivity index (χ1v) is 10.1. The number of aryl methyl sites for hydroxylation is 2. The average molecular weight is 385 g/mol. The lowest BCUT2D eigenvalue weighted by atomic mass is 10.1.